The molecular formula is C28H25N3O4S. The number of carboxylic acid groups (broad SMARTS) is 1. The third-order valence-corrected chi connectivity index (χ3v) is 7.59. The number of carboxylic acids is 1. The first-order chi connectivity index (χ1) is 17.3. The smallest absolute Gasteiger partial charge is 0.335 e. The molecule has 0 unspecified atom stereocenters. The van der Waals surface area contributed by atoms with Crippen molar-refractivity contribution in [3.63, 3.8) is 0 Å². The number of nitrogens with one attached hydrogen (secondary N) is 1. The van der Waals surface area contributed by atoms with Gasteiger partial charge in [0.2, 0.25) is 5.91 Å². The Bertz CT molecular complexity index is 1440. The molecule has 5 rings (SSSR count). The standard InChI is InChI=1S/C28H25N3O4S/c1-16-6-4-5-7-23(16)31-26-24(17(2)30-31)25(36-18(3)27(32)29-26)19-8-12-21(13-9-19)35-22-14-10-20(11-15-22)28(33)34/h4-15,18,25H,1-3H3,(H,29,32)(H,33,34)/t18-,25+/m0/s1. The van der Waals surface area contributed by atoms with Crippen LogP contribution in [0.15, 0.2) is 72.8 Å². The van der Waals surface area contributed by atoms with Crippen LogP contribution in [0.5, 0.6) is 11.5 Å². The van der Waals surface area contributed by atoms with Crippen LogP contribution in [0.2, 0.25) is 0 Å². The average molecular weight is 500 g/mol. The molecule has 2 heterocycles. The number of amides is 1. The molecular weight excluding hydrogens is 474 g/mol. The van der Waals surface area contributed by atoms with Crippen LogP contribution in [0.25, 0.3) is 5.69 Å². The first-order valence-electron chi connectivity index (χ1n) is 11.5. The minimum atomic E-state index is -0.977. The number of benzene rings is 3. The topological polar surface area (TPSA) is 93.5 Å². The van der Waals surface area contributed by atoms with Crippen molar-refractivity contribution in [2.24, 2.45) is 0 Å². The van der Waals surface area contributed by atoms with Gasteiger partial charge >= 0.3 is 5.97 Å². The van der Waals surface area contributed by atoms with Crippen LogP contribution in [-0.4, -0.2) is 32.0 Å². The average Bonchev–Trinajstić information content (AvgIpc) is 3.11. The quantitative estimate of drug-likeness (QED) is 0.342. The first-order valence-corrected chi connectivity index (χ1v) is 12.5. The number of aryl methyl sites for hydroxylation is 2. The lowest BCUT2D eigenvalue weighted by molar-refractivity contribution is -0.115. The van der Waals surface area contributed by atoms with Crippen molar-refractivity contribution in [2.75, 3.05) is 5.32 Å². The molecule has 36 heavy (non-hydrogen) atoms. The Morgan fingerprint density at radius 3 is 2.28 bits per heavy atom. The molecule has 8 heteroatoms. The zero-order valence-electron chi connectivity index (χ0n) is 20.1. The van der Waals surface area contributed by atoms with Gasteiger partial charge in [0, 0.05) is 5.56 Å². The number of thioether (sulfide) groups is 1. The van der Waals surface area contributed by atoms with Gasteiger partial charge in [-0.15, -0.1) is 11.8 Å². The number of carbonyl (C=O) groups excluding carboxylic acids is 1. The van der Waals surface area contributed by atoms with Gasteiger partial charge in [0.15, 0.2) is 0 Å². The number of anilines is 1. The van der Waals surface area contributed by atoms with Gasteiger partial charge in [0.25, 0.3) is 0 Å². The Kier molecular flexibility index (Phi) is 6.28. The highest BCUT2D eigenvalue weighted by molar-refractivity contribution is 8.01. The second kappa shape index (κ2) is 9.54. The number of aromatic nitrogens is 2. The number of fused-ring (bicyclic) bond motifs is 1. The van der Waals surface area contributed by atoms with Crippen LogP contribution in [0, 0.1) is 13.8 Å². The molecule has 0 radical (unpaired) electrons. The minimum absolute atomic E-state index is 0.0526. The van der Waals surface area contributed by atoms with Crippen LogP contribution < -0.4 is 10.1 Å². The molecule has 1 amide bonds. The van der Waals surface area contributed by atoms with Crippen molar-refractivity contribution in [1.82, 2.24) is 9.78 Å². The molecule has 1 aliphatic heterocycles. The number of carbonyl (C=O) groups is 2. The first kappa shape index (κ1) is 23.7. The fraction of sp³-hybridized carbons (Fsp3) is 0.179. The number of ether oxygens (including phenoxy) is 1. The molecule has 0 bridgehead atoms. The molecule has 0 spiro atoms. The number of aromatic carboxylic acids is 1. The Labute approximate surface area is 213 Å². The molecule has 182 valence electrons. The van der Waals surface area contributed by atoms with Gasteiger partial charge in [-0.3, -0.25) is 4.79 Å². The summed E-state index contributed by atoms with van der Waals surface area (Å²) in [6, 6.07) is 22.0. The highest BCUT2D eigenvalue weighted by Gasteiger charge is 2.34. The lowest BCUT2D eigenvalue weighted by atomic mass is 10.0. The summed E-state index contributed by atoms with van der Waals surface area (Å²) in [5.41, 5.74) is 5.08. The summed E-state index contributed by atoms with van der Waals surface area (Å²) in [6.45, 7) is 5.92. The largest absolute Gasteiger partial charge is 0.478 e. The summed E-state index contributed by atoms with van der Waals surface area (Å²) < 4.78 is 7.74. The van der Waals surface area contributed by atoms with Crippen molar-refractivity contribution >= 4 is 29.5 Å². The molecule has 1 aromatic heterocycles. The van der Waals surface area contributed by atoms with E-state index >= 15 is 0 Å². The van der Waals surface area contributed by atoms with Crippen LogP contribution in [0.1, 0.15) is 44.9 Å². The molecule has 2 N–H and O–H groups in total. The minimum Gasteiger partial charge on any atom is -0.478 e. The number of hydrogen-bond acceptors (Lipinski definition) is 5. The molecule has 0 saturated carbocycles. The van der Waals surface area contributed by atoms with Crippen molar-refractivity contribution in [1.29, 1.82) is 0 Å². The predicted octanol–water partition coefficient (Wildman–Crippen LogP) is 6.14. The van der Waals surface area contributed by atoms with Gasteiger partial charge in [0.05, 0.1) is 27.4 Å². The van der Waals surface area contributed by atoms with Gasteiger partial charge in [0.1, 0.15) is 17.3 Å². The monoisotopic (exact) mass is 499 g/mol. The Morgan fingerprint density at radius 2 is 1.64 bits per heavy atom. The molecule has 0 fully saturated rings. The normalized spacial score (nSPS) is 17.1. The second-order valence-electron chi connectivity index (χ2n) is 8.69. The zero-order chi connectivity index (χ0) is 25.4. The summed E-state index contributed by atoms with van der Waals surface area (Å²) in [6.07, 6.45) is 0. The summed E-state index contributed by atoms with van der Waals surface area (Å²) in [5.74, 6) is 0.859. The van der Waals surface area contributed by atoms with Crippen LogP contribution >= 0.6 is 11.8 Å². The zero-order valence-corrected chi connectivity index (χ0v) is 20.9. The molecule has 4 aromatic rings. The predicted molar refractivity (Wildman–Crippen MR) is 140 cm³/mol. The van der Waals surface area contributed by atoms with E-state index in [4.69, 9.17) is 14.9 Å². The SMILES string of the molecule is Cc1ccccc1-n1nc(C)c2c1NC(=O)[C@H](C)S[C@@H]2c1ccc(Oc2ccc(C(=O)O)cc2)cc1. The highest BCUT2D eigenvalue weighted by Crippen LogP contribution is 2.46. The van der Waals surface area contributed by atoms with E-state index in [2.05, 4.69) is 5.32 Å². The second-order valence-corrected chi connectivity index (χ2v) is 10.1. The Morgan fingerprint density at radius 1 is 1.00 bits per heavy atom. The van der Waals surface area contributed by atoms with Crippen LogP contribution in [-0.2, 0) is 4.79 Å². The third kappa shape index (κ3) is 4.47. The molecule has 0 aliphatic carbocycles. The summed E-state index contributed by atoms with van der Waals surface area (Å²) >= 11 is 1.59. The van der Waals surface area contributed by atoms with Crippen molar-refractivity contribution in [3.8, 4) is 17.2 Å². The van der Waals surface area contributed by atoms with E-state index in [1.54, 1.807) is 23.9 Å². The van der Waals surface area contributed by atoms with Gasteiger partial charge in [-0.2, -0.15) is 5.10 Å². The Hall–Kier alpha value is -4.04. The summed E-state index contributed by atoms with van der Waals surface area (Å²) in [4.78, 5) is 24.0. The van der Waals surface area contributed by atoms with E-state index in [0.717, 1.165) is 28.1 Å². The van der Waals surface area contributed by atoms with E-state index in [9.17, 15) is 9.59 Å². The van der Waals surface area contributed by atoms with Crippen molar-refractivity contribution in [2.45, 2.75) is 31.3 Å². The molecule has 7 nitrogen and oxygen atoms in total. The maximum absolute atomic E-state index is 12.9. The summed E-state index contributed by atoms with van der Waals surface area (Å²) in [7, 11) is 0. The van der Waals surface area contributed by atoms with Gasteiger partial charge in [-0.05, 0) is 74.4 Å². The highest BCUT2D eigenvalue weighted by atomic mass is 32.2. The maximum atomic E-state index is 12.9. The fourth-order valence-corrected chi connectivity index (χ4v) is 5.58. The van der Waals surface area contributed by atoms with Gasteiger partial charge in [-0.1, -0.05) is 30.3 Å². The van der Waals surface area contributed by atoms with Gasteiger partial charge in [-0.25, -0.2) is 9.48 Å². The lowest BCUT2D eigenvalue weighted by Crippen LogP contribution is -2.22. The van der Waals surface area contributed by atoms with Crippen LogP contribution in [0.4, 0.5) is 5.82 Å². The lowest BCUT2D eigenvalue weighted by Gasteiger charge is -2.18. The summed E-state index contributed by atoms with van der Waals surface area (Å²) in [5, 5.41) is 16.6. The maximum Gasteiger partial charge on any atom is 0.335 e. The number of hydrogen-bond donors (Lipinski definition) is 2. The van der Waals surface area contributed by atoms with E-state index in [-0.39, 0.29) is 22.0 Å². The molecule has 1 aliphatic rings. The van der Waals surface area contributed by atoms with E-state index in [1.165, 1.54) is 12.1 Å². The van der Waals surface area contributed by atoms with Crippen molar-refractivity contribution in [3.05, 3.63) is 101 Å². The van der Waals surface area contributed by atoms with Gasteiger partial charge < -0.3 is 15.2 Å². The Balaban J connectivity index is 1.49. The molecule has 2 atom stereocenters. The third-order valence-electron chi connectivity index (χ3n) is 6.18. The number of nitrogens with zero attached hydrogens (tertiary/aromatic N) is 2. The van der Waals surface area contributed by atoms with Crippen LogP contribution in [0.3, 0.4) is 0 Å². The van der Waals surface area contributed by atoms with Crippen molar-refractivity contribution < 1.29 is 19.4 Å². The fourth-order valence-electron chi connectivity index (χ4n) is 4.26. The molecule has 3 aromatic carbocycles. The number of rotatable bonds is 5. The molecule has 0 saturated heterocycles. The van der Waals surface area contributed by atoms with E-state index in [1.807, 2.05) is 74.0 Å². The van der Waals surface area contributed by atoms with E-state index in [0.29, 0.717) is 17.3 Å². The van der Waals surface area contributed by atoms with E-state index < -0.39 is 5.97 Å². The number of para-hydroxylation sites is 1.